The Balaban J connectivity index is 1.89. The van der Waals surface area contributed by atoms with Crippen molar-refractivity contribution in [3.05, 3.63) is 18.0 Å². The summed E-state index contributed by atoms with van der Waals surface area (Å²) in [4.78, 5) is 2.56. The second-order valence-corrected chi connectivity index (χ2v) is 5.20. The summed E-state index contributed by atoms with van der Waals surface area (Å²) in [6, 6.07) is 2.68. The van der Waals surface area contributed by atoms with Crippen LogP contribution in [-0.2, 0) is 13.5 Å². The Morgan fingerprint density at radius 1 is 1.41 bits per heavy atom. The van der Waals surface area contributed by atoms with Gasteiger partial charge in [-0.3, -0.25) is 9.58 Å². The molecule has 4 heteroatoms. The third-order valence-corrected chi connectivity index (χ3v) is 4.11. The zero-order valence-electron chi connectivity index (χ0n) is 10.6. The van der Waals surface area contributed by atoms with Crippen LogP contribution in [0.2, 0.25) is 0 Å². The van der Waals surface area contributed by atoms with E-state index in [1.54, 1.807) is 0 Å². The molecule has 2 rings (SSSR count). The highest BCUT2D eigenvalue weighted by Crippen LogP contribution is 2.18. The molecular weight excluding hydrogens is 234 g/mol. The van der Waals surface area contributed by atoms with E-state index in [2.05, 4.69) is 16.1 Å². The lowest BCUT2D eigenvalue weighted by molar-refractivity contribution is 0.217. The number of aromatic nitrogens is 2. The van der Waals surface area contributed by atoms with Crippen molar-refractivity contribution in [3.63, 3.8) is 0 Å². The first kappa shape index (κ1) is 12.9. The first-order valence-electron chi connectivity index (χ1n) is 6.58. The third-order valence-electron chi connectivity index (χ3n) is 3.75. The second kappa shape index (κ2) is 6.41. The Kier molecular flexibility index (Phi) is 4.86. The Morgan fingerprint density at radius 3 is 3.00 bits per heavy atom. The molecule has 2 heterocycles. The first-order valence-corrected chi connectivity index (χ1v) is 7.11. The fourth-order valence-electron chi connectivity index (χ4n) is 2.61. The summed E-state index contributed by atoms with van der Waals surface area (Å²) in [6.45, 7) is 2.31. The van der Waals surface area contributed by atoms with Crippen LogP contribution in [0.1, 0.15) is 31.4 Å². The van der Waals surface area contributed by atoms with Crippen LogP contribution < -0.4 is 0 Å². The van der Waals surface area contributed by atoms with Gasteiger partial charge in [-0.2, -0.15) is 5.10 Å². The summed E-state index contributed by atoms with van der Waals surface area (Å²) in [5.74, 6) is 0.769. The summed E-state index contributed by atoms with van der Waals surface area (Å²) in [7, 11) is 2.01. The van der Waals surface area contributed by atoms with E-state index >= 15 is 0 Å². The molecule has 1 aliphatic heterocycles. The van der Waals surface area contributed by atoms with Crippen molar-refractivity contribution < 1.29 is 0 Å². The van der Waals surface area contributed by atoms with Crippen molar-refractivity contribution in [1.82, 2.24) is 14.7 Å². The predicted molar refractivity (Wildman–Crippen MR) is 71.5 cm³/mol. The number of nitrogens with zero attached hydrogens (tertiary/aromatic N) is 3. The van der Waals surface area contributed by atoms with E-state index in [1.807, 2.05) is 17.9 Å². The highest BCUT2D eigenvalue weighted by Gasteiger charge is 2.19. The van der Waals surface area contributed by atoms with E-state index in [0.717, 1.165) is 18.8 Å². The average molecular weight is 256 g/mol. The molecule has 96 valence electrons. The Hall–Kier alpha value is -0.540. The Morgan fingerprint density at radius 2 is 2.29 bits per heavy atom. The molecule has 17 heavy (non-hydrogen) atoms. The number of likely N-dealkylation sites (tertiary alicyclic amines) is 1. The van der Waals surface area contributed by atoms with Crippen molar-refractivity contribution in [1.29, 1.82) is 0 Å². The fraction of sp³-hybridized carbons (Fsp3) is 0.769. The lowest BCUT2D eigenvalue weighted by atomic mass is 10.1. The molecule has 1 aliphatic rings. The van der Waals surface area contributed by atoms with Gasteiger partial charge in [-0.25, -0.2) is 0 Å². The number of halogens is 1. The predicted octanol–water partition coefficient (Wildman–Crippen LogP) is 2.45. The topological polar surface area (TPSA) is 21.1 Å². The quantitative estimate of drug-likeness (QED) is 0.771. The SMILES string of the molecule is Cn1nccc1CCN1CCCCCC1CCl. The Bertz CT molecular complexity index is 337. The maximum atomic E-state index is 6.08. The van der Waals surface area contributed by atoms with Gasteiger partial charge in [0.2, 0.25) is 0 Å². The van der Waals surface area contributed by atoms with Crippen molar-refractivity contribution in [2.45, 2.75) is 38.1 Å². The van der Waals surface area contributed by atoms with Gasteiger partial charge in [0.25, 0.3) is 0 Å². The zero-order chi connectivity index (χ0) is 12.1. The molecule has 0 radical (unpaired) electrons. The minimum Gasteiger partial charge on any atom is -0.299 e. The van der Waals surface area contributed by atoms with Gasteiger partial charge in [-0.15, -0.1) is 11.6 Å². The van der Waals surface area contributed by atoms with Crippen LogP contribution in [0.4, 0.5) is 0 Å². The van der Waals surface area contributed by atoms with Gasteiger partial charge in [0.05, 0.1) is 0 Å². The van der Waals surface area contributed by atoms with Gasteiger partial charge in [-0.05, 0) is 25.5 Å². The minimum atomic E-state index is 0.576. The normalized spacial score (nSPS) is 22.6. The van der Waals surface area contributed by atoms with Gasteiger partial charge in [-0.1, -0.05) is 12.8 Å². The van der Waals surface area contributed by atoms with Crippen molar-refractivity contribution >= 4 is 11.6 Å². The largest absolute Gasteiger partial charge is 0.299 e. The summed E-state index contributed by atoms with van der Waals surface area (Å²) in [5.41, 5.74) is 1.31. The van der Waals surface area contributed by atoms with Crippen LogP contribution >= 0.6 is 11.6 Å². The number of alkyl halides is 1. The van der Waals surface area contributed by atoms with E-state index in [4.69, 9.17) is 11.6 Å². The highest BCUT2D eigenvalue weighted by atomic mass is 35.5. The lowest BCUT2D eigenvalue weighted by Gasteiger charge is -2.28. The molecule has 0 aromatic carbocycles. The molecule has 1 atom stereocenters. The average Bonchev–Trinajstić information content (AvgIpc) is 2.63. The summed E-state index contributed by atoms with van der Waals surface area (Å²) in [6.07, 6.45) is 8.21. The van der Waals surface area contributed by atoms with Crippen molar-refractivity contribution in [3.8, 4) is 0 Å². The molecule has 1 aromatic rings. The standard InChI is InChI=1S/C13H22ClN3/c1-16-12(6-8-15-16)7-10-17-9-4-2-3-5-13(17)11-14/h6,8,13H,2-5,7,9-11H2,1H3. The molecule has 0 N–H and O–H groups in total. The molecule has 1 aromatic heterocycles. The molecule has 3 nitrogen and oxygen atoms in total. The van der Waals surface area contributed by atoms with Crippen molar-refractivity contribution in [2.75, 3.05) is 19.0 Å². The van der Waals surface area contributed by atoms with Gasteiger partial charge >= 0.3 is 0 Å². The third kappa shape index (κ3) is 3.46. The molecule has 1 fully saturated rings. The van der Waals surface area contributed by atoms with Gasteiger partial charge in [0.1, 0.15) is 0 Å². The molecule has 0 aliphatic carbocycles. The van der Waals surface area contributed by atoms with E-state index < -0.39 is 0 Å². The lowest BCUT2D eigenvalue weighted by Crippen LogP contribution is -2.37. The van der Waals surface area contributed by atoms with Crippen LogP contribution in [-0.4, -0.2) is 39.7 Å². The second-order valence-electron chi connectivity index (χ2n) is 4.89. The highest BCUT2D eigenvalue weighted by molar-refractivity contribution is 6.18. The summed E-state index contributed by atoms with van der Waals surface area (Å²) in [5, 5.41) is 4.21. The molecule has 1 saturated heterocycles. The van der Waals surface area contributed by atoms with E-state index in [1.165, 1.54) is 37.9 Å². The molecule has 1 unspecified atom stereocenters. The maximum absolute atomic E-state index is 6.08. The number of hydrogen-bond acceptors (Lipinski definition) is 2. The smallest absolute Gasteiger partial charge is 0.0492 e. The fourth-order valence-corrected chi connectivity index (χ4v) is 2.96. The van der Waals surface area contributed by atoms with Gasteiger partial charge in [0, 0.05) is 43.8 Å². The van der Waals surface area contributed by atoms with Crippen LogP contribution in [0, 0.1) is 0 Å². The number of rotatable bonds is 4. The van der Waals surface area contributed by atoms with Crippen LogP contribution in [0.25, 0.3) is 0 Å². The minimum absolute atomic E-state index is 0.576. The maximum Gasteiger partial charge on any atom is 0.0492 e. The summed E-state index contributed by atoms with van der Waals surface area (Å²) < 4.78 is 1.97. The molecule has 0 amide bonds. The van der Waals surface area contributed by atoms with Crippen LogP contribution in [0.15, 0.2) is 12.3 Å². The first-order chi connectivity index (χ1) is 8.31. The van der Waals surface area contributed by atoms with Gasteiger partial charge < -0.3 is 0 Å². The van der Waals surface area contributed by atoms with Crippen LogP contribution in [0.5, 0.6) is 0 Å². The van der Waals surface area contributed by atoms with Crippen LogP contribution in [0.3, 0.4) is 0 Å². The van der Waals surface area contributed by atoms with Gasteiger partial charge in [0.15, 0.2) is 0 Å². The zero-order valence-corrected chi connectivity index (χ0v) is 11.4. The molecule has 0 spiro atoms. The number of hydrogen-bond donors (Lipinski definition) is 0. The van der Waals surface area contributed by atoms with E-state index in [9.17, 15) is 0 Å². The Labute approximate surface area is 109 Å². The molecular formula is C13H22ClN3. The molecule has 0 saturated carbocycles. The monoisotopic (exact) mass is 255 g/mol. The summed E-state index contributed by atoms with van der Waals surface area (Å²) >= 11 is 6.08. The van der Waals surface area contributed by atoms with E-state index in [-0.39, 0.29) is 0 Å². The number of aryl methyl sites for hydroxylation is 1. The van der Waals surface area contributed by atoms with E-state index in [0.29, 0.717) is 6.04 Å². The van der Waals surface area contributed by atoms with Crippen molar-refractivity contribution in [2.24, 2.45) is 7.05 Å². The molecule has 0 bridgehead atoms.